The fourth-order valence-electron chi connectivity index (χ4n) is 3.75. The van der Waals surface area contributed by atoms with Gasteiger partial charge in [0.15, 0.2) is 5.78 Å². The molecule has 1 aliphatic heterocycles. The molecule has 0 bridgehead atoms. The first-order valence-corrected chi connectivity index (χ1v) is 9.85. The number of nitrogens with zero attached hydrogens (tertiary/aromatic N) is 1. The highest BCUT2D eigenvalue weighted by Crippen LogP contribution is 2.29. The summed E-state index contributed by atoms with van der Waals surface area (Å²) in [5.74, 6) is 0.224. The summed E-state index contributed by atoms with van der Waals surface area (Å²) in [5.41, 5.74) is 5.13. The van der Waals surface area contributed by atoms with Crippen LogP contribution in [0.2, 0.25) is 0 Å². The zero-order valence-electron chi connectivity index (χ0n) is 17.1. The average molecular weight is 380 g/mol. The zero-order valence-corrected chi connectivity index (χ0v) is 17.1. The van der Waals surface area contributed by atoms with Crippen molar-refractivity contribution in [3.63, 3.8) is 0 Å². The second-order valence-corrected chi connectivity index (χ2v) is 7.23. The van der Waals surface area contributed by atoms with Crippen molar-refractivity contribution < 1.29 is 14.3 Å². The monoisotopic (exact) mass is 380 g/mol. The van der Waals surface area contributed by atoms with Crippen LogP contribution in [0, 0.1) is 0 Å². The normalized spacial score (nSPS) is 13.7. The topological polar surface area (TPSA) is 58.6 Å². The highest BCUT2D eigenvalue weighted by atomic mass is 16.5. The Bertz CT molecular complexity index is 905. The van der Waals surface area contributed by atoms with Crippen LogP contribution in [-0.2, 0) is 19.4 Å². The van der Waals surface area contributed by atoms with E-state index in [1.807, 2.05) is 32.0 Å². The molecule has 0 unspecified atom stereocenters. The Labute approximate surface area is 166 Å². The number of hydrogen-bond donors (Lipinski definition) is 1. The van der Waals surface area contributed by atoms with E-state index in [1.54, 1.807) is 6.07 Å². The van der Waals surface area contributed by atoms with Crippen LogP contribution in [0.15, 0.2) is 30.3 Å². The van der Waals surface area contributed by atoms with E-state index in [0.29, 0.717) is 29.9 Å². The van der Waals surface area contributed by atoms with Crippen LogP contribution in [0.5, 0.6) is 5.75 Å². The molecule has 1 N–H and O–H groups in total. The lowest BCUT2D eigenvalue weighted by Gasteiger charge is -2.27. The van der Waals surface area contributed by atoms with Gasteiger partial charge in [0.25, 0.3) is 5.91 Å². The SMILES string of the molecule is CCOc1cc(CC)c(C(C)=O)cc1C(=O)Nc1cccc2c1CCN(C)C2. The fourth-order valence-corrected chi connectivity index (χ4v) is 3.75. The molecule has 28 heavy (non-hydrogen) atoms. The molecule has 1 aliphatic rings. The molecule has 5 heteroatoms. The van der Waals surface area contributed by atoms with Crippen molar-refractivity contribution in [2.45, 2.75) is 40.2 Å². The van der Waals surface area contributed by atoms with Crippen molar-refractivity contribution >= 4 is 17.4 Å². The highest BCUT2D eigenvalue weighted by molar-refractivity contribution is 6.08. The lowest BCUT2D eigenvalue weighted by atomic mass is 9.96. The van der Waals surface area contributed by atoms with E-state index in [1.165, 1.54) is 18.1 Å². The van der Waals surface area contributed by atoms with Gasteiger partial charge in [-0.1, -0.05) is 19.1 Å². The van der Waals surface area contributed by atoms with Crippen LogP contribution in [0.3, 0.4) is 0 Å². The van der Waals surface area contributed by atoms with Crippen LogP contribution < -0.4 is 10.1 Å². The van der Waals surface area contributed by atoms with Gasteiger partial charge >= 0.3 is 0 Å². The number of amides is 1. The molecule has 0 radical (unpaired) electrons. The van der Waals surface area contributed by atoms with Crippen molar-refractivity contribution in [3.05, 3.63) is 58.1 Å². The van der Waals surface area contributed by atoms with Crippen molar-refractivity contribution in [3.8, 4) is 5.75 Å². The summed E-state index contributed by atoms with van der Waals surface area (Å²) in [4.78, 5) is 27.5. The summed E-state index contributed by atoms with van der Waals surface area (Å²) < 4.78 is 5.72. The molecule has 2 aromatic rings. The van der Waals surface area contributed by atoms with E-state index in [4.69, 9.17) is 4.74 Å². The molecule has 2 aromatic carbocycles. The van der Waals surface area contributed by atoms with E-state index in [0.717, 1.165) is 30.8 Å². The number of carbonyl (C=O) groups is 2. The third-order valence-corrected chi connectivity index (χ3v) is 5.22. The van der Waals surface area contributed by atoms with E-state index >= 15 is 0 Å². The number of hydrogen-bond acceptors (Lipinski definition) is 4. The molecule has 0 fully saturated rings. The van der Waals surface area contributed by atoms with Crippen molar-refractivity contribution in [1.82, 2.24) is 4.90 Å². The largest absolute Gasteiger partial charge is 0.493 e. The Hall–Kier alpha value is -2.66. The predicted octanol–water partition coefficient (Wildman–Crippen LogP) is 4.09. The summed E-state index contributed by atoms with van der Waals surface area (Å²) in [6.45, 7) is 7.70. The quantitative estimate of drug-likeness (QED) is 0.767. The van der Waals surface area contributed by atoms with Gasteiger partial charge in [-0.25, -0.2) is 0 Å². The Morgan fingerprint density at radius 3 is 2.64 bits per heavy atom. The van der Waals surface area contributed by atoms with E-state index in [9.17, 15) is 9.59 Å². The molecule has 0 aromatic heterocycles. The van der Waals surface area contributed by atoms with Gasteiger partial charge in [-0.2, -0.15) is 0 Å². The molecule has 3 rings (SSSR count). The Morgan fingerprint density at radius 2 is 1.96 bits per heavy atom. The molecular formula is C23H28N2O3. The molecule has 0 saturated carbocycles. The molecule has 1 heterocycles. The summed E-state index contributed by atoms with van der Waals surface area (Å²) in [6.07, 6.45) is 1.60. The Kier molecular flexibility index (Phi) is 6.15. The first kappa shape index (κ1) is 20.1. The third kappa shape index (κ3) is 4.09. The van der Waals surface area contributed by atoms with Crippen LogP contribution in [0.4, 0.5) is 5.69 Å². The van der Waals surface area contributed by atoms with Crippen molar-refractivity contribution in [2.75, 3.05) is 25.5 Å². The maximum Gasteiger partial charge on any atom is 0.259 e. The number of Topliss-reactive ketones (excluding diaryl/α,β-unsaturated/α-hetero) is 1. The van der Waals surface area contributed by atoms with Crippen LogP contribution in [-0.4, -0.2) is 36.8 Å². The standard InChI is InChI=1S/C23H28N2O3/c1-5-16-12-22(28-6-2)20(13-19(16)15(3)26)23(27)24-21-9-7-8-17-14-25(4)11-10-18(17)21/h7-9,12-13H,5-6,10-11,14H2,1-4H3,(H,24,27). The number of anilines is 1. The lowest BCUT2D eigenvalue weighted by molar-refractivity contribution is 0.101. The zero-order chi connectivity index (χ0) is 20.3. The van der Waals surface area contributed by atoms with Gasteiger partial charge in [0.05, 0.1) is 12.2 Å². The van der Waals surface area contributed by atoms with Gasteiger partial charge in [0.2, 0.25) is 0 Å². The smallest absolute Gasteiger partial charge is 0.259 e. The molecule has 5 nitrogen and oxygen atoms in total. The van der Waals surface area contributed by atoms with Gasteiger partial charge in [-0.3, -0.25) is 9.59 Å². The van der Waals surface area contributed by atoms with Gasteiger partial charge in [0.1, 0.15) is 5.75 Å². The Morgan fingerprint density at radius 1 is 1.18 bits per heavy atom. The number of likely N-dealkylation sites (N-methyl/N-ethyl adjacent to an activating group) is 1. The minimum absolute atomic E-state index is 0.0472. The van der Waals surface area contributed by atoms with Gasteiger partial charge < -0.3 is 15.0 Å². The van der Waals surface area contributed by atoms with E-state index in [2.05, 4.69) is 23.3 Å². The van der Waals surface area contributed by atoms with E-state index in [-0.39, 0.29) is 11.7 Å². The number of ether oxygens (including phenoxy) is 1. The Balaban J connectivity index is 1.98. The number of benzene rings is 2. The number of fused-ring (bicyclic) bond motifs is 1. The maximum absolute atomic E-state index is 13.1. The summed E-state index contributed by atoms with van der Waals surface area (Å²) in [7, 11) is 2.10. The van der Waals surface area contributed by atoms with Crippen LogP contribution in [0.1, 0.15) is 58.2 Å². The van der Waals surface area contributed by atoms with Gasteiger partial charge in [-0.05, 0) is 68.6 Å². The molecule has 1 amide bonds. The molecule has 0 atom stereocenters. The first-order valence-electron chi connectivity index (χ1n) is 9.85. The minimum Gasteiger partial charge on any atom is -0.493 e. The summed E-state index contributed by atoms with van der Waals surface area (Å²) in [5, 5.41) is 3.05. The fraction of sp³-hybridized carbons (Fsp3) is 0.391. The van der Waals surface area contributed by atoms with E-state index < -0.39 is 0 Å². The number of aryl methyl sites for hydroxylation is 1. The second-order valence-electron chi connectivity index (χ2n) is 7.23. The number of rotatable bonds is 6. The molecule has 0 aliphatic carbocycles. The predicted molar refractivity (Wildman–Crippen MR) is 111 cm³/mol. The summed E-state index contributed by atoms with van der Waals surface area (Å²) >= 11 is 0. The van der Waals surface area contributed by atoms with Gasteiger partial charge in [0, 0.05) is 24.3 Å². The van der Waals surface area contributed by atoms with Crippen molar-refractivity contribution in [2.24, 2.45) is 0 Å². The van der Waals surface area contributed by atoms with Gasteiger partial charge in [-0.15, -0.1) is 0 Å². The summed E-state index contributed by atoms with van der Waals surface area (Å²) in [6, 6.07) is 9.51. The minimum atomic E-state index is -0.249. The van der Waals surface area contributed by atoms with Crippen molar-refractivity contribution in [1.29, 1.82) is 0 Å². The number of carbonyl (C=O) groups excluding carboxylic acids is 2. The lowest BCUT2D eigenvalue weighted by Crippen LogP contribution is -2.27. The molecule has 0 spiro atoms. The first-order chi connectivity index (χ1) is 13.4. The second kappa shape index (κ2) is 8.57. The third-order valence-electron chi connectivity index (χ3n) is 5.22. The highest BCUT2D eigenvalue weighted by Gasteiger charge is 2.21. The molecular weight excluding hydrogens is 352 g/mol. The maximum atomic E-state index is 13.1. The molecule has 0 saturated heterocycles. The number of ketones is 1. The number of nitrogens with one attached hydrogen (secondary N) is 1. The van der Waals surface area contributed by atoms with Crippen LogP contribution in [0.25, 0.3) is 0 Å². The van der Waals surface area contributed by atoms with Crippen LogP contribution >= 0.6 is 0 Å². The average Bonchev–Trinajstić information content (AvgIpc) is 2.67. The molecule has 148 valence electrons.